The zero-order chi connectivity index (χ0) is 20.0. The molecule has 0 aliphatic heterocycles. The summed E-state index contributed by atoms with van der Waals surface area (Å²) in [4.78, 5) is 9.26. The van der Waals surface area contributed by atoms with Crippen molar-refractivity contribution in [1.29, 1.82) is 0 Å². The van der Waals surface area contributed by atoms with E-state index in [4.69, 9.17) is 9.40 Å². The van der Waals surface area contributed by atoms with Gasteiger partial charge in [-0.05, 0) is 59.5 Å². The average molecular weight is 401 g/mol. The number of rotatable bonds is 4. The third-order valence-electron chi connectivity index (χ3n) is 6.32. The molecule has 4 aromatic rings. The van der Waals surface area contributed by atoms with Gasteiger partial charge in [0, 0.05) is 28.7 Å². The zero-order valence-electron chi connectivity index (χ0n) is 17.5. The van der Waals surface area contributed by atoms with Crippen molar-refractivity contribution in [2.24, 2.45) is 5.92 Å². The first kappa shape index (κ1) is 18.6. The van der Waals surface area contributed by atoms with Gasteiger partial charge in [0.15, 0.2) is 0 Å². The van der Waals surface area contributed by atoms with Gasteiger partial charge in [0.1, 0.15) is 5.58 Å². The predicted molar refractivity (Wildman–Crippen MR) is 123 cm³/mol. The van der Waals surface area contributed by atoms with Crippen molar-refractivity contribution in [1.82, 2.24) is 9.97 Å². The molecule has 3 nitrogen and oxygen atoms in total. The number of fused-ring (bicyclic) bond motifs is 3. The average Bonchev–Trinajstić information content (AvgIpc) is 3.34. The highest BCUT2D eigenvalue weighted by Gasteiger charge is 2.24. The van der Waals surface area contributed by atoms with E-state index < -0.39 is 8.07 Å². The molecule has 1 aromatic carbocycles. The Kier molecular flexibility index (Phi) is 4.54. The highest BCUT2D eigenvalue weighted by Crippen LogP contribution is 2.32. The monoisotopic (exact) mass is 400 g/mol. The Labute approximate surface area is 173 Å². The van der Waals surface area contributed by atoms with Crippen molar-refractivity contribution >= 4 is 35.3 Å². The molecule has 4 heteroatoms. The van der Waals surface area contributed by atoms with Crippen LogP contribution in [0.25, 0.3) is 33.3 Å². The molecule has 0 radical (unpaired) electrons. The van der Waals surface area contributed by atoms with Gasteiger partial charge in [-0.1, -0.05) is 45.3 Å². The Balaban J connectivity index is 1.60. The van der Waals surface area contributed by atoms with Gasteiger partial charge in [-0.2, -0.15) is 0 Å². The van der Waals surface area contributed by atoms with Crippen molar-refractivity contribution in [3.05, 3.63) is 54.4 Å². The maximum absolute atomic E-state index is 5.89. The predicted octanol–water partition coefficient (Wildman–Crippen LogP) is 6.32. The maximum Gasteiger partial charge on any atom is 0.227 e. The van der Waals surface area contributed by atoms with Crippen LogP contribution in [0.4, 0.5) is 0 Å². The molecular formula is C25H28N2OSi. The first-order chi connectivity index (χ1) is 14.0. The van der Waals surface area contributed by atoms with Crippen molar-refractivity contribution in [2.75, 3.05) is 0 Å². The van der Waals surface area contributed by atoms with E-state index in [0.29, 0.717) is 5.71 Å². The number of hydrogen-bond donors (Lipinski definition) is 0. The molecule has 3 aromatic heterocycles. The molecule has 0 atom stereocenters. The minimum absolute atomic E-state index is 0.698. The Bertz CT molecular complexity index is 1180. The fraction of sp³-hybridized carbons (Fsp3) is 0.360. The van der Waals surface area contributed by atoms with Crippen LogP contribution >= 0.6 is 0 Å². The smallest absolute Gasteiger partial charge is 0.227 e. The molecular weight excluding hydrogens is 372 g/mol. The highest BCUT2D eigenvalue weighted by atomic mass is 28.3. The van der Waals surface area contributed by atoms with Crippen molar-refractivity contribution in [3.63, 3.8) is 0 Å². The van der Waals surface area contributed by atoms with Crippen LogP contribution in [0.2, 0.25) is 19.6 Å². The van der Waals surface area contributed by atoms with Crippen molar-refractivity contribution in [3.8, 4) is 11.3 Å². The Morgan fingerprint density at radius 3 is 2.62 bits per heavy atom. The highest BCUT2D eigenvalue weighted by molar-refractivity contribution is 6.89. The van der Waals surface area contributed by atoms with E-state index in [1.807, 2.05) is 6.07 Å². The van der Waals surface area contributed by atoms with Gasteiger partial charge in [0.25, 0.3) is 0 Å². The Morgan fingerprint density at radius 1 is 1.00 bits per heavy atom. The Morgan fingerprint density at radius 2 is 1.83 bits per heavy atom. The summed E-state index contributed by atoms with van der Waals surface area (Å²) in [6.45, 7) is 7.29. The first-order valence-electron chi connectivity index (χ1n) is 10.8. The van der Waals surface area contributed by atoms with E-state index in [-0.39, 0.29) is 0 Å². The molecule has 0 unspecified atom stereocenters. The largest absolute Gasteiger partial charge is 0.438 e. The van der Waals surface area contributed by atoms with E-state index in [2.05, 4.69) is 61.2 Å². The summed E-state index contributed by atoms with van der Waals surface area (Å²) in [5, 5.41) is 3.69. The van der Waals surface area contributed by atoms with Crippen LogP contribution in [0.1, 0.15) is 31.2 Å². The molecule has 0 amide bonds. The number of benzene rings is 1. The minimum Gasteiger partial charge on any atom is -0.438 e. The lowest BCUT2D eigenvalue weighted by Crippen LogP contribution is -2.41. The fourth-order valence-electron chi connectivity index (χ4n) is 4.79. The van der Waals surface area contributed by atoms with Crippen LogP contribution in [0.5, 0.6) is 0 Å². The molecule has 0 spiro atoms. The molecule has 0 bridgehead atoms. The lowest BCUT2D eigenvalue weighted by molar-refractivity contribution is 0.547. The van der Waals surface area contributed by atoms with Crippen LogP contribution in [-0.4, -0.2) is 18.0 Å². The minimum atomic E-state index is -1.43. The van der Waals surface area contributed by atoms with Crippen LogP contribution in [0.3, 0.4) is 0 Å². The normalized spacial score (nSPS) is 15.6. The number of pyridine rings is 2. The topological polar surface area (TPSA) is 38.9 Å². The summed E-state index contributed by atoms with van der Waals surface area (Å²) in [5.74, 6) is 0.840. The van der Waals surface area contributed by atoms with E-state index in [1.165, 1.54) is 42.9 Å². The van der Waals surface area contributed by atoms with Crippen LogP contribution < -0.4 is 5.19 Å². The molecule has 148 valence electrons. The molecule has 5 rings (SSSR count). The summed E-state index contributed by atoms with van der Waals surface area (Å²) in [6, 6.07) is 12.8. The Hall–Kier alpha value is -2.46. The summed E-state index contributed by atoms with van der Waals surface area (Å²) < 4.78 is 5.89. The molecule has 3 heterocycles. The van der Waals surface area contributed by atoms with Crippen molar-refractivity contribution in [2.45, 2.75) is 51.7 Å². The van der Waals surface area contributed by atoms with Gasteiger partial charge in [-0.25, -0.2) is 4.98 Å². The van der Waals surface area contributed by atoms with Gasteiger partial charge in [-0.15, -0.1) is 0 Å². The van der Waals surface area contributed by atoms with E-state index >= 15 is 0 Å². The van der Waals surface area contributed by atoms with Gasteiger partial charge in [0.2, 0.25) is 5.71 Å². The second kappa shape index (κ2) is 7.10. The third kappa shape index (κ3) is 3.50. The molecule has 29 heavy (non-hydrogen) atoms. The van der Waals surface area contributed by atoms with E-state index in [9.17, 15) is 0 Å². The second-order valence-electron chi connectivity index (χ2n) is 9.50. The second-order valence-corrected chi connectivity index (χ2v) is 14.5. The molecule has 1 aliphatic carbocycles. The number of furan rings is 1. The molecule has 0 saturated heterocycles. The first-order valence-corrected chi connectivity index (χ1v) is 14.3. The van der Waals surface area contributed by atoms with Gasteiger partial charge in [-0.3, -0.25) is 4.98 Å². The molecule has 1 fully saturated rings. The van der Waals surface area contributed by atoms with Gasteiger partial charge >= 0.3 is 0 Å². The standard InChI is InChI=1S/C25H28N2OSi/c1-29(2,3)24-16-27-22(15-19(24)13-17-7-4-5-8-17)18-10-11-23-21(14-18)20-9-6-12-26-25(20)28-23/h6,9-12,14-17H,4-5,7-8,13H2,1-3H3. The molecule has 1 saturated carbocycles. The van der Waals surface area contributed by atoms with Crippen LogP contribution in [0, 0.1) is 5.92 Å². The van der Waals surface area contributed by atoms with Gasteiger partial charge in [0.05, 0.1) is 13.8 Å². The zero-order valence-corrected chi connectivity index (χ0v) is 18.5. The lowest BCUT2D eigenvalue weighted by Gasteiger charge is -2.23. The number of nitrogens with zero attached hydrogens (tertiary/aromatic N) is 2. The lowest BCUT2D eigenvalue weighted by atomic mass is 9.97. The quantitative estimate of drug-likeness (QED) is 0.376. The summed E-state index contributed by atoms with van der Waals surface area (Å²) in [5.41, 5.74) is 5.33. The molecule has 0 N–H and O–H groups in total. The van der Waals surface area contributed by atoms with E-state index in [0.717, 1.165) is 33.5 Å². The number of hydrogen-bond acceptors (Lipinski definition) is 3. The van der Waals surface area contributed by atoms with E-state index in [1.54, 1.807) is 6.20 Å². The van der Waals surface area contributed by atoms with Crippen LogP contribution in [-0.2, 0) is 6.42 Å². The summed E-state index contributed by atoms with van der Waals surface area (Å²) >= 11 is 0. The van der Waals surface area contributed by atoms with Crippen molar-refractivity contribution < 1.29 is 4.42 Å². The summed E-state index contributed by atoms with van der Waals surface area (Å²) in [6.07, 6.45) is 10.7. The summed E-state index contributed by atoms with van der Waals surface area (Å²) in [7, 11) is -1.43. The fourth-order valence-corrected chi connectivity index (χ4v) is 6.38. The maximum atomic E-state index is 5.89. The van der Waals surface area contributed by atoms with Crippen LogP contribution in [0.15, 0.2) is 53.2 Å². The number of aromatic nitrogens is 2. The van der Waals surface area contributed by atoms with Gasteiger partial charge < -0.3 is 4.42 Å². The third-order valence-corrected chi connectivity index (χ3v) is 8.39. The SMILES string of the molecule is C[Si](C)(C)c1cnc(-c2ccc3oc4ncccc4c3c2)cc1CC1CCCC1. The molecule has 1 aliphatic rings.